The average molecular weight is 254 g/mol. The first-order valence-electron chi connectivity index (χ1n) is 6.01. The van der Waals surface area contributed by atoms with E-state index in [1.165, 1.54) is 0 Å². The molecule has 0 saturated carbocycles. The monoisotopic (exact) mass is 254 g/mol. The van der Waals surface area contributed by atoms with Crippen molar-refractivity contribution in [3.63, 3.8) is 0 Å². The molecule has 0 aliphatic rings. The smallest absolute Gasteiger partial charge is 0.189 e. The third kappa shape index (κ3) is 2.35. The molecule has 0 radical (unpaired) electrons. The van der Waals surface area contributed by atoms with Crippen LogP contribution in [0.15, 0.2) is 42.6 Å². The van der Waals surface area contributed by atoms with E-state index in [0.29, 0.717) is 18.1 Å². The molecule has 96 valence electrons. The Bertz CT molecular complexity index is 706. The Morgan fingerprint density at radius 2 is 2.05 bits per heavy atom. The number of nitrogen functional groups attached to an aromatic ring is 1. The highest BCUT2D eigenvalue weighted by molar-refractivity contribution is 5.53. The van der Waals surface area contributed by atoms with Gasteiger partial charge >= 0.3 is 0 Å². The summed E-state index contributed by atoms with van der Waals surface area (Å²) in [4.78, 5) is 4.44. The lowest BCUT2D eigenvalue weighted by molar-refractivity contribution is 0.296. The van der Waals surface area contributed by atoms with Gasteiger partial charge < -0.3 is 10.5 Å². The van der Waals surface area contributed by atoms with Crippen LogP contribution in [0.2, 0.25) is 0 Å². The van der Waals surface area contributed by atoms with Gasteiger partial charge in [0.1, 0.15) is 12.4 Å². The molecule has 1 aromatic carbocycles. The number of nitrogens with two attached hydrogens (primary N) is 1. The molecule has 3 aromatic rings. The van der Waals surface area contributed by atoms with Crippen LogP contribution >= 0.6 is 0 Å². The Kier molecular flexibility index (Phi) is 2.79. The maximum atomic E-state index is 5.78. The van der Waals surface area contributed by atoms with Gasteiger partial charge in [0.25, 0.3) is 0 Å². The molecule has 2 N–H and O–H groups in total. The number of aryl methyl sites for hydroxylation is 1. The van der Waals surface area contributed by atoms with Crippen LogP contribution in [0.4, 0.5) is 5.69 Å². The van der Waals surface area contributed by atoms with Crippen molar-refractivity contribution in [2.45, 2.75) is 13.5 Å². The second-order valence-corrected chi connectivity index (χ2v) is 4.35. The molecule has 0 bridgehead atoms. The summed E-state index contributed by atoms with van der Waals surface area (Å²) < 4.78 is 7.31. The van der Waals surface area contributed by atoms with Gasteiger partial charge in [-0.25, -0.2) is 9.50 Å². The first-order valence-corrected chi connectivity index (χ1v) is 6.01. The van der Waals surface area contributed by atoms with Crippen LogP contribution in [0.3, 0.4) is 0 Å². The Morgan fingerprint density at radius 3 is 2.84 bits per heavy atom. The number of rotatable bonds is 3. The number of para-hydroxylation sites is 1. The highest BCUT2D eigenvalue weighted by Crippen LogP contribution is 2.14. The van der Waals surface area contributed by atoms with Gasteiger partial charge in [-0.3, -0.25) is 0 Å². The van der Waals surface area contributed by atoms with E-state index in [9.17, 15) is 0 Å². The van der Waals surface area contributed by atoms with Crippen LogP contribution in [-0.2, 0) is 6.61 Å². The largest absolute Gasteiger partial charge is 0.486 e. The van der Waals surface area contributed by atoms with Crippen LogP contribution in [-0.4, -0.2) is 14.6 Å². The quantitative estimate of drug-likeness (QED) is 0.778. The normalized spacial score (nSPS) is 10.8. The van der Waals surface area contributed by atoms with Gasteiger partial charge in [0, 0.05) is 0 Å². The van der Waals surface area contributed by atoms with Gasteiger partial charge in [0.05, 0.1) is 11.9 Å². The van der Waals surface area contributed by atoms with E-state index in [-0.39, 0.29) is 0 Å². The maximum Gasteiger partial charge on any atom is 0.189 e. The molecule has 2 aromatic heterocycles. The fraction of sp³-hybridized carbons (Fsp3) is 0.143. The van der Waals surface area contributed by atoms with Crippen molar-refractivity contribution < 1.29 is 4.74 Å². The summed E-state index contributed by atoms with van der Waals surface area (Å²) in [7, 11) is 0. The molecule has 19 heavy (non-hydrogen) atoms. The lowest BCUT2D eigenvalue weighted by Crippen LogP contribution is -1.98. The summed E-state index contributed by atoms with van der Waals surface area (Å²) in [5.41, 5.74) is 8.26. The Labute approximate surface area is 110 Å². The van der Waals surface area contributed by atoms with Crippen molar-refractivity contribution >= 4 is 11.3 Å². The number of aromatic nitrogens is 3. The highest BCUT2D eigenvalue weighted by Gasteiger charge is 2.07. The molecule has 0 amide bonds. The van der Waals surface area contributed by atoms with Crippen molar-refractivity contribution in [3.8, 4) is 5.75 Å². The minimum Gasteiger partial charge on any atom is -0.486 e. The van der Waals surface area contributed by atoms with E-state index >= 15 is 0 Å². The first-order chi connectivity index (χ1) is 9.22. The Hall–Kier alpha value is -2.56. The number of benzene rings is 1. The van der Waals surface area contributed by atoms with Gasteiger partial charge in [-0.15, -0.1) is 5.10 Å². The highest BCUT2D eigenvalue weighted by atomic mass is 16.5. The number of nitrogens with zero attached hydrogens (tertiary/aromatic N) is 3. The number of anilines is 1. The molecular weight excluding hydrogens is 240 g/mol. The van der Waals surface area contributed by atoms with E-state index in [1.807, 2.05) is 43.3 Å². The lowest BCUT2D eigenvalue weighted by Gasteiger charge is -2.01. The predicted molar refractivity (Wildman–Crippen MR) is 72.9 cm³/mol. The molecular formula is C14H14N4O. The second kappa shape index (κ2) is 4.61. The zero-order valence-electron chi connectivity index (χ0n) is 10.6. The summed E-state index contributed by atoms with van der Waals surface area (Å²) >= 11 is 0. The Morgan fingerprint density at radius 1 is 1.26 bits per heavy atom. The van der Waals surface area contributed by atoms with E-state index in [1.54, 1.807) is 10.7 Å². The second-order valence-electron chi connectivity index (χ2n) is 4.35. The van der Waals surface area contributed by atoms with E-state index in [0.717, 1.165) is 17.0 Å². The van der Waals surface area contributed by atoms with Gasteiger partial charge in [0.2, 0.25) is 0 Å². The molecule has 0 aliphatic carbocycles. The number of ether oxygens (including phenoxy) is 1. The molecule has 0 unspecified atom stereocenters. The van der Waals surface area contributed by atoms with Crippen molar-refractivity contribution in [2.75, 3.05) is 5.73 Å². The molecule has 2 heterocycles. The Balaban J connectivity index is 1.84. The van der Waals surface area contributed by atoms with Gasteiger partial charge in [-0.1, -0.05) is 18.2 Å². The van der Waals surface area contributed by atoms with Crippen molar-refractivity contribution in [1.82, 2.24) is 14.6 Å². The summed E-state index contributed by atoms with van der Waals surface area (Å²) in [6.07, 6.45) is 1.75. The van der Waals surface area contributed by atoms with E-state index in [2.05, 4.69) is 10.1 Å². The van der Waals surface area contributed by atoms with Gasteiger partial charge in [0.15, 0.2) is 11.5 Å². The molecule has 5 heteroatoms. The van der Waals surface area contributed by atoms with Crippen LogP contribution in [0.1, 0.15) is 11.4 Å². The molecule has 3 rings (SSSR count). The third-order valence-electron chi connectivity index (χ3n) is 2.79. The van der Waals surface area contributed by atoms with E-state index < -0.39 is 0 Å². The van der Waals surface area contributed by atoms with E-state index in [4.69, 9.17) is 10.5 Å². The zero-order valence-corrected chi connectivity index (χ0v) is 10.6. The van der Waals surface area contributed by atoms with Crippen LogP contribution in [0, 0.1) is 6.92 Å². The fourth-order valence-corrected chi connectivity index (χ4v) is 1.95. The van der Waals surface area contributed by atoms with Gasteiger partial charge in [-0.05, 0) is 30.7 Å². The summed E-state index contributed by atoms with van der Waals surface area (Å²) in [6, 6.07) is 11.5. The third-order valence-corrected chi connectivity index (χ3v) is 2.79. The minimum atomic E-state index is 0.338. The van der Waals surface area contributed by atoms with Gasteiger partial charge in [-0.2, -0.15) is 0 Å². The number of pyridine rings is 1. The van der Waals surface area contributed by atoms with Crippen LogP contribution in [0.25, 0.3) is 5.65 Å². The van der Waals surface area contributed by atoms with Crippen molar-refractivity contribution in [1.29, 1.82) is 0 Å². The van der Waals surface area contributed by atoms with Crippen LogP contribution < -0.4 is 10.5 Å². The average Bonchev–Trinajstić information content (AvgIpc) is 2.81. The number of fused-ring (bicyclic) bond motifs is 1. The number of hydrogen-bond donors (Lipinski definition) is 1. The topological polar surface area (TPSA) is 65.4 Å². The zero-order chi connectivity index (χ0) is 13.2. The summed E-state index contributed by atoms with van der Waals surface area (Å²) in [6.45, 7) is 2.30. The molecule has 0 spiro atoms. The number of hydrogen-bond acceptors (Lipinski definition) is 4. The molecule has 0 saturated heterocycles. The fourth-order valence-electron chi connectivity index (χ4n) is 1.95. The molecule has 0 fully saturated rings. The molecule has 0 atom stereocenters. The minimum absolute atomic E-state index is 0.338. The van der Waals surface area contributed by atoms with Crippen LogP contribution in [0.5, 0.6) is 5.75 Å². The summed E-state index contributed by atoms with van der Waals surface area (Å²) in [5, 5.41) is 4.35. The molecule has 0 aliphatic heterocycles. The van der Waals surface area contributed by atoms with Crippen molar-refractivity contribution in [3.05, 3.63) is 54.0 Å². The lowest BCUT2D eigenvalue weighted by atomic mass is 10.3. The maximum absolute atomic E-state index is 5.78. The SMILES string of the molecule is Cc1cc(N)cn2nc(COc3ccccc3)nc12. The predicted octanol–water partition coefficient (Wildman–Crippen LogP) is 2.20. The standard InChI is InChI=1S/C14H14N4O/c1-10-7-11(15)8-18-14(10)16-13(17-18)9-19-12-5-3-2-4-6-12/h2-8H,9,15H2,1H3. The first kappa shape index (κ1) is 11.5. The molecule has 5 nitrogen and oxygen atoms in total. The van der Waals surface area contributed by atoms with Crippen molar-refractivity contribution in [2.24, 2.45) is 0 Å². The summed E-state index contributed by atoms with van der Waals surface area (Å²) in [5.74, 6) is 1.44.